The summed E-state index contributed by atoms with van der Waals surface area (Å²) in [6.45, 7) is 0. The summed E-state index contributed by atoms with van der Waals surface area (Å²) in [6.07, 6.45) is 11.3. The van der Waals surface area contributed by atoms with Crippen molar-refractivity contribution in [3.63, 3.8) is 0 Å². The molecule has 12 fully saturated rings. The van der Waals surface area contributed by atoms with Gasteiger partial charge in [-0.1, -0.05) is 24.3 Å². The van der Waals surface area contributed by atoms with Crippen molar-refractivity contribution < 1.29 is 0 Å². The van der Waals surface area contributed by atoms with E-state index in [1.807, 2.05) is 0 Å². The van der Waals surface area contributed by atoms with Gasteiger partial charge in [-0.25, -0.2) is 0 Å². The summed E-state index contributed by atoms with van der Waals surface area (Å²) < 4.78 is 0. The lowest BCUT2D eigenvalue weighted by Gasteiger charge is -2.95. The molecule has 16 bridgehead atoms. The zero-order valence-electron chi connectivity index (χ0n) is 13.5. The monoisotopic (exact) mass is 308 g/mol. The molecule has 116 valence electrons. The second kappa shape index (κ2) is 1.82. The van der Waals surface area contributed by atoms with Crippen LogP contribution in [0.15, 0.2) is 24.3 Å². The smallest absolute Gasteiger partial charge is 0.00559 e. The number of hydrogen-bond donors (Lipinski definition) is 0. The van der Waals surface area contributed by atoms with Crippen molar-refractivity contribution in [1.29, 1.82) is 0 Å². The van der Waals surface area contributed by atoms with Crippen molar-refractivity contribution in [1.82, 2.24) is 0 Å². The van der Waals surface area contributed by atoms with Crippen molar-refractivity contribution in [3.05, 3.63) is 24.3 Å². The zero-order chi connectivity index (χ0) is 14.1. The topological polar surface area (TPSA) is 0 Å². The third-order valence-electron chi connectivity index (χ3n) is 15.6. The maximum Gasteiger partial charge on any atom is -0.00559 e. The predicted octanol–water partition coefficient (Wildman–Crippen LogP) is 3.08. The number of rotatable bonds is 0. The normalized spacial score (nSPS) is 107. The van der Waals surface area contributed by atoms with Crippen LogP contribution in [0.3, 0.4) is 0 Å². The van der Waals surface area contributed by atoms with Gasteiger partial charge in [0.05, 0.1) is 0 Å². The van der Waals surface area contributed by atoms with E-state index in [9.17, 15) is 0 Å². The van der Waals surface area contributed by atoms with E-state index in [1.54, 1.807) is 0 Å². The van der Waals surface area contributed by atoms with Crippen LogP contribution in [0.1, 0.15) is 0 Å². The molecule has 0 amide bonds. The second-order valence-electron chi connectivity index (χ2n) is 13.1. The first-order chi connectivity index (χ1) is 11.9. The molecular formula is C24H20. The first kappa shape index (κ1) is 9.43. The summed E-state index contributed by atoms with van der Waals surface area (Å²) in [5.74, 6) is 19.4. The Morgan fingerprint density at radius 3 is 0.917 bits per heavy atom. The lowest BCUT2D eigenvalue weighted by Crippen LogP contribution is -2.93. The molecule has 0 saturated heterocycles. The number of hydrogen-bond acceptors (Lipinski definition) is 0. The molecule has 12 saturated carbocycles. The molecule has 0 heterocycles. The first-order valence-corrected chi connectivity index (χ1v) is 11.3. The fourth-order valence-electron chi connectivity index (χ4n) is 18.5. The summed E-state index contributed by atoms with van der Waals surface area (Å²) in [5.41, 5.74) is 3.61. The Morgan fingerprint density at radius 1 is 0.333 bits per heavy atom. The maximum absolute atomic E-state index is 2.84. The first-order valence-electron chi connectivity index (χ1n) is 11.3. The van der Waals surface area contributed by atoms with Gasteiger partial charge in [0.2, 0.25) is 0 Å². The summed E-state index contributed by atoms with van der Waals surface area (Å²) in [7, 11) is 0. The van der Waals surface area contributed by atoms with Crippen LogP contribution in [0.4, 0.5) is 0 Å². The Morgan fingerprint density at radius 2 is 0.625 bits per heavy atom. The molecule has 14 rings (SSSR count). The molecule has 0 heteroatoms. The van der Waals surface area contributed by atoms with E-state index in [2.05, 4.69) is 24.3 Å². The zero-order valence-corrected chi connectivity index (χ0v) is 13.5. The third kappa shape index (κ3) is 0.329. The van der Waals surface area contributed by atoms with Crippen LogP contribution in [0, 0.1) is 116 Å². The molecule has 4 spiro atoms. The van der Waals surface area contributed by atoms with E-state index in [4.69, 9.17) is 0 Å². The van der Waals surface area contributed by atoms with Gasteiger partial charge in [0, 0.05) is 0 Å². The summed E-state index contributed by atoms with van der Waals surface area (Å²) in [5, 5.41) is 0. The molecule has 24 heavy (non-hydrogen) atoms. The highest BCUT2D eigenvalue weighted by Gasteiger charge is 3.20. The van der Waals surface area contributed by atoms with Gasteiger partial charge in [0.25, 0.3) is 0 Å². The molecule has 8 atom stereocenters. The lowest BCUT2D eigenvalue weighted by atomic mass is 9.08. The van der Waals surface area contributed by atoms with E-state index in [0.717, 1.165) is 45.3 Å². The highest BCUT2D eigenvalue weighted by atomic mass is 15.2. The molecule has 14 aliphatic carbocycles. The molecule has 0 aromatic heterocycles. The van der Waals surface area contributed by atoms with Crippen LogP contribution in [-0.2, 0) is 0 Å². The molecule has 0 aromatic carbocycles. The van der Waals surface area contributed by atoms with Crippen LogP contribution < -0.4 is 0 Å². The highest BCUT2D eigenvalue weighted by molar-refractivity contribution is 5.70. The molecule has 0 nitrogen and oxygen atoms in total. The standard InChI is InChI=1S/C24H20/c1-2-6-9-5(1)21-17-11-12-14-13(11)19-16-10-7-3-4-8(10)24(20(14)16,23(7,19)21)22(6,21)18(12)15(9)17/h1-20H. The van der Waals surface area contributed by atoms with Crippen LogP contribution in [0.25, 0.3) is 0 Å². The van der Waals surface area contributed by atoms with E-state index in [-0.39, 0.29) is 0 Å². The van der Waals surface area contributed by atoms with Gasteiger partial charge in [-0.3, -0.25) is 0 Å². The minimum absolute atomic E-state index is 0.902. The van der Waals surface area contributed by atoms with Gasteiger partial charge in [0.1, 0.15) is 0 Å². The Labute approximate surface area is 141 Å². The summed E-state index contributed by atoms with van der Waals surface area (Å²) in [6, 6.07) is 0. The number of allylic oxidation sites excluding steroid dienone is 4. The van der Waals surface area contributed by atoms with Crippen LogP contribution in [0.2, 0.25) is 0 Å². The molecule has 14 aliphatic rings. The fourth-order valence-corrected chi connectivity index (χ4v) is 18.5. The third-order valence-corrected chi connectivity index (χ3v) is 15.6. The predicted molar refractivity (Wildman–Crippen MR) is 83.9 cm³/mol. The van der Waals surface area contributed by atoms with Gasteiger partial charge in [-0.15, -0.1) is 0 Å². The van der Waals surface area contributed by atoms with Crippen LogP contribution in [-0.4, -0.2) is 0 Å². The Hall–Kier alpha value is -0.520. The van der Waals surface area contributed by atoms with E-state index >= 15 is 0 Å². The quantitative estimate of drug-likeness (QED) is 0.603. The van der Waals surface area contributed by atoms with E-state index in [0.29, 0.717) is 0 Å². The summed E-state index contributed by atoms with van der Waals surface area (Å²) in [4.78, 5) is 0. The molecular weight excluding hydrogens is 288 g/mol. The average molecular weight is 308 g/mol. The Bertz CT molecular complexity index is 853. The van der Waals surface area contributed by atoms with Gasteiger partial charge >= 0.3 is 0 Å². The van der Waals surface area contributed by atoms with Crippen molar-refractivity contribution in [2.45, 2.75) is 0 Å². The molecule has 8 unspecified atom stereocenters. The van der Waals surface area contributed by atoms with Gasteiger partial charge < -0.3 is 0 Å². The van der Waals surface area contributed by atoms with Crippen LogP contribution in [0.5, 0.6) is 0 Å². The van der Waals surface area contributed by atoms with Crippen molar-refractivity contribution >= 4 is 0 Å². The highest BCUT2D eigenvalue weighted by Crippen LogP contribution is 3.22. The molecule has 0 aromatic rings. The van der Waals surface area contributed by atoms with Crippen molar-refractivity contribution in [2.24, 2.45) is 116 Å². The Kier molecular flexibility index (Phi) is 0.715. The minimum Gasteiger partial charge on any atom is -0.0842 e. The second-order valence-corrected chi connectivity index (χ2v) is 13.1. The lowest BCUT2D eigenvalue weighted by molar-refractivity contribution is -0.489. The SMILES string of the molecule is C1=CC2C3C4C5C6C7C8C6C6C9C%10C%11C=CC%10C%10(C89)C2(C74)C5(C13)C%116%10. The van der Waals surface area contributed by atoms with E-state index in [1.165, 1.54) is 71.0 Å². The van der Waals surface area contributed by atoms with Crippen molar-refractivity contribution in [3.8, 4) is 0 Å². The molecule has 0 aliphatic heterocycles. The minimum atomic E-state index is 0.902. The maximum atomic E-state index is 2.84. The fraction of sp³-hybridized carbons (Fsp3) is 0.833. The van der Waals surface area contributed by atoms with Gasteiger partial charge in [0.15, 0.2) is 0 Å². The number of fused-ring (bicyclic) bond motifs is 4. The average Bonchev–Trinajstić information content (AvgIpc) is 3.34. The molecule has 0 radical (unpaired) electrons. The summed E-state index contributed by atoms with van der Waals surface area (Å²) >= 11 is 0. The van der Waals surface area contributed by atoms with Gasteiger partial charge in [-0.05, 0) is 116 Å². The largest absolute Gasteiger partial charge is 0.0842 e. The van der Waals surface area contributed by atoms with Crippen molar-refractivity contribution in [2.75, 3.05) is 0 Å². The Balaban J connectivity index is 1.42. The van der Waals surface area contributed by atoms with Gasteiger partial charge in [-0.2, -0.15) is 0 Å². The van der Waals surface area contributed by atoms with E-state index < -0.39 is 0 Å². The van der Waals surface area contributed by atoms with Crippen LogP contribution >= 0.6 is 0 Å². The molecule has 0 N–H and O–H groups in total.